The molecule has 0 bridgehead atoms. The Hall–Kier alpha value is -0.610. The summed E-state index contributed by atoms with van der Waals surface area (Å²) in [6.07, 6.45) is 1.85. The zero-order chi connectivity index (χ0) is 8.10. The molecule has 0 saturated heterocycles. The van der Waals surface area contributed by atoms with Gasteiger partial charge in [-0.3, -0.25) is 4.98 Å². The van der Waals surface area contributed by atoms with Gasteiger partial charge in [0.05, 0.1) is 11.7 Å². The molecule has 0 aromatic carbocycles. The lowest BCUT2D eigenvalue weighted by atomic mass is 10.6. The van der Waals surface area contributed by atoms with Crippen molar-refractivity contribution in [1.82, 2.24) is 9.88 Å². The Morgan fingerprint density at radius 1 is 1.64 bits per heavy atom. The Morgan fingerprint density at radius 2 is 2.45 bits per heavy atom. The number of thiazole rings is 1. The molecule has 0 saturated carbocycles. The molecule has 0 radical (unpaired) electrons. The van der Waals surface area contributed by atoms with Gasteiger partial charge in [0.2, 0.25) is 0 Å². The van der Waals surface area contributed by atoms with Gasteiger partial charge < -0.3 is 10.2 Å². The summed E-state index contributed by atoms with van der Waals surface area (Å²) in [5.74, 6) is 0. The Balaban J connectivity index is 2.14. The Kier molecular flexibility index (Phi) is 3.32. The molecule has 0 aliphatic rings. The SMILES string of the molecule is CN(C)CCNc1cncs1. The molecule has 0 fully saturated rings. The molecule has 0 aliphatic heterocycles. The molecule has 1 aromatic rings. The second kappa shape index (κ2) is 4.31. The highest BCUT2D eigenvalue weighted by Gasteiger charge is 1.92. The minimum absolute atomic E-state index is 0.981. The number of anilines is 1. The van der Waals surface area contributed by atoms with Crippen molar-refractivity contribution in [2.45, 2.75) is 0 Å². The molecule has 0 unspecified atom stereocenters. The van der Waals surface area contributed by atoms with E-state index in [1.807, 2.05) is 11.7 Å². The molecule has 11 heavy (non-hydrogen) atoms. The molecular weight excluding hydrogens is 158 g/mol. The summed E-state index contributed by atoms with van der Waals surface area (Å²) in [4.78, 5) is 6.11. The second-order valence-electron chi connectivity index (χ2n) is 2.60. The lowest BCUT2D eigenvalue weighted by Gasteiger charge is -2.09. The average molecular weight is 171 g/mol. The summed E-state index contributed by atoms with van der Waals surface area (Å²) in [5.41, 5.74) is 1.83. The zero-order valence-corrected chi connectivity index (χ0v) is 7.69. The van der Waals surface area contributed by atoms with Crippen molar-refractivity contribution < 1.29 is 0 Å². The highest BCUT2D eigenvalue weighted by Crippen LogP contribution is 2.10. The van der Waals surface area contributed by atoms with Crippen LogP contribution in [0.15, 0.2) is 11.7 Å². The lowest BCUT2D eigenvalue weighted by molar-refractivity contribution is 0.425. The monoisotopic (exact) mass is 171 g/mol. The summed E-state index contributed by atoms with van der Waals surface area (Å²) < 4.78 is 0. The number of nitrogens with one attached hydrogen (secondary N) is 1. The van der Waals surface area contributed by atoms with Gasteiger partial charge in [-0.05, 0) is 14.1 Å². The number of nitrogens with zero attached hydrogens (tertiary/aromatic N) is 2. The van der Waals surface area contributed by atoms with Crippen LogP contribution >= 0.6 is 11.3 Å². The van der Waals surface area contributed by atoms with E-state index in [2.05, 4.69) is 29.3 Å². The smallest absolute Gasteiger partial charge is 0.108 e. The van der Waals surface area contributed by atoms with E-state index in [0.29, 0.717) is 0 Å². The lowest BCUT2D eigenvalue weighted by Crippen LogP contribution is -2.20. The van der Waals surface area contributed by atoms with Crippen molar-refractivity contribution in [3.63, 3.8) is 0 Å². The highest BCUT2D eigenvalue weighted by molar-refractivity contribution is 7.13. The summed E-state index contributed by atoms with van der Waals surface area (Å²) >= 11 is 1.63. The number of hydrogen-bond acceptors (Lipinski definition) is 4. The third kappa shape index (κ3) is 3.34. The van der Waals surface area contributed by atoms with Gasteiger partial charge in [-0.1, -0.05) is 0 Å². The molecule has 62 valence electrons. The fraction of sp³-hybridized carbons (Fsp3) is 0.571. The van der Waals surface area contributed by atoms with Crippen LogP contribution in [0.3, 0.4) is 0 Å². The van der Waals surface area contributed by atoms with E-state index in [4.69, 9.17) is 0 Å². The number of rotatable bonds is 4. The van der Waals surface area contributed by atoms with E-state index in [0.717, 1.165) is 18.1 Å². The van der Waals surface area contributed by atoms with Gasteiger partial charge in [0.25, 0.3) is 0 Å². The summed E-state index contributed by atoms with van der Waals surface area (Å²) in [6, 6.07) is 0. The molecule has 0 aliphatic carbocycles. The maximum Gasteiger partial charge on any atom is 0.108 e. The van der Waals surface area contributed by atoms with Gasteiger partial charge in [0, 0.05) is 13.1 Å². The molecule has 0 amide bonds. The van der Waals surface area contributed by atoms with Crippen molar-refractivity contribution in [2.24, 2.45) is 0 Å². The van der Waals surface area contributed by atoms with Crippen molar-refractivity contribution >= 4 is 16.3 Å². The molecular formula is C7H13N3S. The van der Waals surface area contributed by atoms with Gasteiger partial charge in [-0.25, -0.2) is 0 Å². The number of aromatic nitrogens is 1. The first kappa shape index (κ1) is 8.49. The molecule has 0 atom stereocenters. The first-order valence-electron chi connectivity index (χ1n) is 3.56. The van der Waals surface area contributed by atoms with Gasteiger partial charge in [0.15, 0.2) is 0 Å². The molecule has 4 heteroatoms. The molecule has 1 heterocycles. The van der Waals surface area contributed by atoms with Crippen molar-refractivity contribution in [3.8, 4) is 0 Å². The Bertz CT molecular complexity index is 184. The van der Waals surface area contributed by atoms with Crippen LogP contribution in [-0.2, 0) is 0 Å². The van der Waals surface area contributed by atoms with Crippen LogP contribution in [0.25, 0.3) is 0 Å². The van der Waals surface area contributed by atoms with Crippen LogP contribution in [0.5, 0.6) is 0 Å². The van der Waals surface area contributed by atoms with Crippen molar-refractivity contribution in [3.05, 3.63) is 11.7 Å². The largest absolute Gasteiger partial charge is 0.374 e. The molecule has 0 spiro atoms. The van der Waals surface area contributed by atoms with E-state index < -0.39 is 0 Å². The van der Waals surface area contributed by atoms with E-state index in [9.17, 15) is 0 Å². The highest BCUT2D eigenvalue weighted by atomic mass is 32.1. The van der Waals surface area contributed by atoms with Crippen molar-refractivity contribution in [2.75, 3.05) is 32.5 Å². The fourth-order valence-corrected chi connectivity index (χ4v) is 1.25. The maximum absolute atomic E-state index is 3.96. The van der Waals surface area contributed by atoms with Crippen LogP contribution in [-0.4, -0.2) is 37.1 Å². The van der Waals surface area contributed by atoms with Crippen LogP contribution in [0.2, 0.25) is 0 Å². The van der Waals surface area contributed by atoms with E-state index in [-0.39, 0.29) is 0 Å². The van der Waals surface area contributed by atoms with Gasteiger partial charge >= 0.3 is 0 Å². The maximum atomic E-state index is 3.96. The van der Waals surface area contributed by atoms with Crippen LogP contribution in [0, 0.1) is 0 Å². The summed E-state index contributed by atoms with van der Waals surface area (Å²) in [5, 5.41) is 4.42. The van der Waals surface area contributed by atoms with Crippen LogP contribution in [0.1, 0.15) is 0 Å². The predicted molar refractivity (Wildman–Crippen MR) is 49.2 cm³/mol. The predicted octanol–water partition coefficient (Wildman–Crippen LogP) is 1.12. The van der Waals surface area contributed by atoms with Crippen LogP contribution in [0.4, 0.5) is 5.00 Å². The molecule has 1 N–H and O–H groups in total. The Labute approximate surface area is 71.1 Å². The van der Waals surface area contributed by atoms with E-state index in [1.54, 1.807) is 11.3 Å². The first-order valence-corrected chi connectivity index (χ1v) is 4.44. The minimum atomic E-state index is 0.981. The van der Waals surface area contributed by atoms with Crippen molar-refractivity contribution in [1.29, 1.82) is 0 Å². The topological polar surface area (TPSA) is 28.2 Å². The molecule has 1 rings (SSSR count). The molecule has 3 nitrogen and oxygen atoms in total. The summed E-state index contributed by atoms with van der Waals surface area (Å²) in [7, 11) is 4.13. The van der Waals surface area contributed by atoms with Gasteiger partial charge in [-0.2, -0.15) is 0 Å². The van der Waals surface area contributed by atoms with Gasteiger partial charge in [0.1, 0.15) is 5.00 Å². The normalized spacial score (nSPS) is 10.5. The fourth-order valence-electron chi connectivity index (χ4n) is 0.706. The number of likely N-dealkylation sites (N-methyl/N-ethyl adjacent to an activating group) is 1. The molecule has 1 aromatic heterocycles. The minimum Gasteiger partial charge on any atom is -0.374 e. The van der Waals surface area contributed by atoms with E-state index >= 15 is 0 Å². The second-order valence-corrected chi connectivity index (χ2v) is 3.48. The Morgan fingerprint density at radius 3 is 3.00 bits per heavy atom. The van der Waals surface area contributed by atoms with E-state index in [1.165, 1.54) is 0 Å². The quantitative estimate of drug-likeness (QED) is 0.735. The van der Waals surface area contributed by atoms with Gasteiger partial charge in [-0.15, -0.1) is 11.3 Å². The third-order valence-electron chi connectivity index (χ3n) is 1.29. The first-order chi connectivity index (χ1) is 5.29. The third-order valence-corrected chi connectivity index (χ3v) is 2.02. The zero-order valence-electron chi connectivity index (χ0n) is 6.87. The number of hydrogen-bond donors (Lipinski definition) is 1. The summed E-state index contributed by atoms with van der Waals surface area (Å²) in [6.45, 7) is 2.03. The average Bonchev–Trinajstić information content (AvgIpc) is 2.39. The van der Waals surface area contributed by atoms with Crippen LogP contribution < -0.4 is 5.32 Å². The standard InChI is InChI=1S/C7H13N3S/c1-10(2)4-3-9-7-5-8-6-11-7/h5-6,9H,3-4H2,1-2H3.